The van der Waals surface area contributed by atoms with E-state index in [-0.39, 0.29) is 11.7 Å². The van der Waals surface area contributed by atoms with Gasteiger partial charge in [0.1, 0.15) is 0 Å². The molecule has 0 unspecified atom stereocenters. The van der Waals surface area contributed by atoms with E-state index in [2.05, 4.69) is 5.32 Å². The average molecular weight is 268 g/mol. The molecule has 0 fully saturated rings. The Hall–Kier alpha value is -1.40. The van der Waals surface area contributed by atoms with Crippen LogP contribution >= 0.6 is 0 Å². The molecule has 0 saturated carbocycles. The van der Waals surface area contributed by atoms with Crippen LogP contribution in [-0.2, 0) is 21.1 Å². The minimum Gasteiger partial charge on any atom is -0.325 e. The molecule has 1 aromatic carbocycles. The van der Waals surface area contributed by atoms with Crippen LogP contribution < -0.4 is 11.1 Å². The number of aryl methyl sites for hydroxylation is 1. The van der Waals surface area contributed by atoms with Crippen molar-refractivity contribution in [3.05, 3.63) is 23.8 Å². The van der Waals surface area contributed by atoms with Gasteiger partial charge in [0.05, 0.1) is 16.7 Å². The lowest BCUT2D eigenvalue weighted by atomic mass is 10.1. The molecule has 2 rings (SSSR count). The summed E-state index contributed by atoms with van der Waals surface area (Å²) in [6.07, 6.45) is 1.08. The number of fused-ring (bicyclic) bond motifs is 1. The van der Waals surface area contributed by atoms with Crippen LogP contribution in [-0.4, -0.2) is 26.1 Å². The van der Waals surface area contributed by atoms with Crippen molar-refractivity contribution in [2.45, 2.75) is 30.7 Å². The Balaban J connectivity index is 2.25. The summed E-state index contributed by atoms with van der Waals surface area (Å²) in [7, 11) is -3.17. The normalized spacial score (nSPS) is 18.1. The highest BCUT2D eigenvalue weighted by molar-refractivity contribution is 7.91. The highest BCUT2D eigenvalue weighted by Crippen LogP contribution is 2.28. The zero-order valence-electron chi connectivity index (χ0n) is 10.1. The van der Waals surface area contributed by atoms with E-state index in [0.717, 1.165) is 5.56 Å². The summed E-state index contributed by atoms with van der Waals surface area (Å²) in [6.45, 7) is 1.82. The van der Waals surface area contributed by atoms with E-state index in [9.17, 15) is 13.2 Å². The van der Waals surface area contributed by atoms with Gasteiger partial charge in [0.25, 0.3) is 0 Å². The van der Waals surface area contributed by atoms with Gasteiger partial charge in [0, 0.05) is 5.69 Å². The fraction of sp³-hybridized carbons (Fsp3) is 0.417. The number of hydrogen-bond acceptors (Lipinski definition) is 4. The van der Waals surface area contributed by atoms with Gasteiger partial charge in [-0.1, -0.05) is 13.0 Å². The summed E-state index contributed by atoms with van der Waals surface area (Å²) in [5, 5.41) is 2.63. The van der Waals surface area contributed by atoms with Crippen LogP contribution in [0.15, 0.2) is 23.1 Å². The Morgan fingerprint density at radius 3 is 2.89 bits per heavy atom. The van der Waals surface area contributed by atoms with Gasteiger partial charge in [0.15, 0.2) is 9.84 Å². The number of benzene rings is 1. The van der Waals surface area contributed by atoms with Crippen molar-refractivity contribution >= 4 is 21.4 Å². The SMILES string of the molecule is CC[C@H](N)C(=O)Nc1ccc2c(c1)S(=O)(=O)CC2. The second-order valence-electron chi connectivity index (χ2n) is 4.40. The third-order valence-corrected chi connectivity index (χ3v) is 4.88. The third kappa shape index (κ3) is 2.39. The number of amides is 1. The van der Waals surface area contributed by atoms with Gasteiger partial charge < -0.3 is 11.1 Å². The standard InChI is InChI=1S/C12H16N2O3S/c1-2-10(13)12(15)14-9-4-3-8-5-6-18(16,17)11(8)7-9/h3-4,7,10H,2,5-6,13H2,1H3,(H,14,15)/t10-/m0/s1. The summed E-state index contributed by atoms with van der Waals surface area (Å²) in [5.41, 5.74) is 6.89. The minimum atomic E-state index is -3.17. The lowest BCUT2D eigenvalue weighted by molar-refractivity contribution is -0.117. The Morgan fingerprint density at radius 1 is 1.50 bits per heavy atom. The van der Waals surface area contributed by atoms with E-state index in [0.29, 0.717) is 23.4 Å². The van der Waals surface area contributed by atoms with E-state index < -0.39 is 15.9 Å². The maximum atomic E-state index is 11.7. The Labute approximate surface area is 106 Å². The van der Waals surface area contributed by atoms with Crippen molar-refractivity contribution in [2.75, 3.05) is 11.1 Å². The lowest BCUT2D eigenvalue weighted by Crippen LogP contribution is -2.34. The average Bonchev–Trinajstić information content (AvgIpc) is 2.64. The van der Waals surface area contributed by atoms with Crippen molar-refractivity contribution in [3.8, 4) is 0 Å². The molecular weight excluding hydrogens is 252 g/mol. The molecule has 1 aromatic rings. The predicted molar refractivity (Wildman–Crippen MR) is 69.1 cm³/mol. The smallest absolute Gasteiger partial charge is 0.241 e. The van der Waals surface area contributed by atoms with Gasteiger partial charge in [-0.15, -0.1) is 0 Å². The maximum absolute atomic E-state index is 11.7. The van der Waals surface area contributed by atoms with Gasteiger partial charge in [-0.3, -0.25) is 4.79 Å². The molecule has 0 aromatic heterocycles. The first-order valence-electron chi connectivity index (χ1n) is 5.86. The summed E-state index contributed by atoms with van der Waals surface area (Å²) in [5.74, 6) is -0.151. The summed E-state index contributed by atoms with van der Waals surface area (Å²) >= 11 is 0. The molecule has 1 aliphatic heterocycles. The van der Waals surface area contributed by atoms with Crippen LogP contribution in [0, 0.1) is 0 Å². The zero-order chi connectivity index (χ0) is 13.3. The van der Waals surface area contributed by atoms with Crippen molar-refractivity contribution in [1.82, 2.24) is 0 Å². The van der Waals surface area contributed by atoms with Crippen LogP contribution in [0.2, 0.25) is 0 Å². The fourth-order valence-electron chi connectivity index (χ4n) is 1.90. The number of sulfone groups is 1. The Bertz CT molecular complexity index is 581. The van der Waals surface area contributed by atoms with Crippen molar-refractivity contribution < 1.29 is 13.2 Å². The summed E-state index contributed by atoms with van der Waals surface area (Å²) in [6, 6.07) is 4.39. The molecule has 0 aliphatic carbocycles. The molecule has 0 saturated heterocycles. The topological polar surface area (TPSA) is 89.3 Å². The zero-order valence-corrected chi connectivity index (χ0v) is 11.0. The van der Waals surface area contributed by atoms with E-state index in [1.165, 1.54) is 6.07 Å². The van der Waals surface area contributed by atoms with E-state index in [4.69, 9.17) is 5.73 Å². The van der Waals surface area contributed by atoms with Gasteiger partial charge in [-0.2, -0.15) is 0 Å². The highest BCUT2D eigenvalue weighted by atomic mass is 32.2. The van der Waals surface area contributed by atoms with Crippen molar-refractivity contribution in [3.63, 3.8) is 0 Å². The number of carbonyl (C=O) groups excluding carboxylic acids is 1. The highest BCUT2D eigenvalue weighted by Gasteiger charge is 2.26. The van der Waals surface area contributed by atoms with Crippen LogP contribution in [0.3, 0.4) is 0 Å². The molecule has 1 atom stereocenters. The number of anilines is 1. The molecule has 0 spiro atoms. The van der Waals surface area contributed by atoms with E-state index in [1.54, 1.807) is 12.1 Å². The van der Waals surface area contributed by atoms with Crippen LogP contribution in [0.4, 0.5) is 5.69 Å². The van der Waals surface area contributed by atoms with Crippen molar-refractivity contribution in [1.29, 1.82) is 0 Å². The monoisotopic (exact) mass is 268 g/mol. The lowest BCUT2D eigenvalue weighted by Gasteiger charge is -2.10. The quantitative estimate of drug-likeness (QED) is 0.844. The Morgan fingerprint density at radius 2 is 2.22 bits per heavy atom. The molecule has 18 heavy (non-hydrogen) atoms. The van der Waals surface area contributed by atoms with Gasteiger partial charge in [-0.05, 0) is 30.5 Å². The minimum absolute atomic E-state index is 0.147. The first kappa shape index (κ1) is 13.0. The number of rotatable bonds is 3. The van der Waals surface area contributed by atoms with Crippen LogP contribution in [0.25, 0.3) is 0 Å². The van der Waals surface area contributed by atoms with E-state index >= 15 is 0 Å². The first-order valence-corrected chi connectivity index (χ1v) is 7.51. The second kappa shape index (κ2) is 4.70. The van der Waals surface area contributed by atoms with Crippen molar-refractivity contribution in [2.24, 2.45) is 5.73 Å². The van der Waals surface area contributed by atoms with Gasteiger partial charge in [0.2, 0.25) is 5.91 Å². The molecule has 3 N–H and O–H groups in total. The predicted octanol–water partition coefficient (Wildman–Crippen LogP) is 0.692. The Kier molecular flexibility index (Phi) is 3.41. The van der Waals surface area contributed by atoms with Gasteiger partial charge >= 0.3 is 0 Å². The second-order valence-corrected chi connectivity index (χ2v) is 6.47. The molecule has 6 heteroatoms. The molecule has 1 aliphatic rings. The summed E-state index contributed by atoms with van der Waals surface area (Å²) in [4.78, 5) is 11.9. The summed E-state index contributed by atoms with van der Waals surface area (Å²) < 4.78 is 23.5. The van der Waals surface area contributed by atoms with Gasteiger partial charge in [-0.25, -0.2) is 8.42 Å². The maximum Gasteiger partial charge on any atom is 0.241 e. The molecule has 98 valence electrons. The first-order chi connectivity index (χ1) is 8.44. The molecule has 0 bridgehead atoms. The third-order valence-electron chi connectivity index (χ3n) is 3.09. The number of nitrogens with one attached hydrogen (secondary N) is 1. The molecule has 0 radical (unpaired) electrons. The van der Waals surface area contributed by atoms with Crippen LogP contribution in [0.1, 0.15) is 18.9 Å². The molecule has 1 amide bonds. The number of hydrogen-bond donors (Lipinski definition) is 2. The fourth-order valence-corrected chi connectivity index (χ4v) is 3.49. The number of nitrogens with two attached hydrogens (primary N) is 1. The molecular formula is C12H16N2O3S. The largest absolute Gasteiger partial charge is 0.325 e. The number of carbonyl (C=O) groups is 1. The van der Waals surface area contributed by atoms with Crippen LogP contribution in [0.5, 0.6) is 0 Å². The van der Waals surface area contributed by atoms with E-state index in [1.807, 2.05) is 6.92 Å². The molecule has 5 nitrogen and oxygen atoms in total. The molecule has 1 heterocycles.